The van der Waals surface area contributed by atoms with Crippen molar-refractivity contribution in [2.75, 3.05) is 11.9 Å². The van der Waals surface area contributed by atoms with E-state index in [9.17, 15) is 0 Å². The molecule has 0 fully saturated rings. The van der Waals surface area contributed by atoms with E-state index in [1.807, 2.05) is 24.3 Å². The van der Waals surface area contributed by atoms with E-state index in [1.54, 1.807) is 4.52 Å². The molecule has 3 rings (SSSR count). The van der Waals surface area contributed by atoms with Crippen molar-refractivity contribution in [1.29, 1.82) is 0 Å². The number of aryl methyl sites for hydroxylation is 1. The van der Waals surface area contributed by atoms with Crippen LogP contribution in [-0.2, 0) is 6.42 Å². The van der Waals surface area contributed by atoms with Crippen molar-refractivity contribution in [3.8, 4) is 0 Å². The number of rotatable bonds is 5. The topological polar surface area (TPSA) is 55.1 Å². The van der Waals surface area contributed by atoms with Gasteiger partial charge in [-0.25, -0.2) is 4.98 Å². The molecule has 3 aromatic rings. The first kappa shape index (κ1) is 13.3. The minimum Gasteiger partial charge on any atom is -0.366 e. The van der Waals surface area contributed by atoms with Crippen LogP contribution in [0.5, 0.6) is 0 Å². The molecule has 0 aliphatic carbocycles. The number of nitrogens with one attached hydrogen (secondary N) is 1. The van der Waals surface area contributed by atoms with Crippen LogP contribution in [0.15, 0.2) is 48.8 Å². The number of benzene rings is 1. The predicted octanol–water partition coefficient (Wildman–Crippen LogP) is 2.81. The first-order valence-corrected chi connectivity index (χ1v) is 7.02. The monoisotopic (exact) mass is 279 g/mol. The lowest BCUT2D eigenvalue weighted by Crippen LogP contribution is -2.07. The standard InChI is InChI=1S/C16H17N5/c1-2-14-11-15(21-16(20-14)18-12-19-21)17-10-6-9-13-7-4-3-5-8-13/h3-9,11-12,17H,2,10H2,1H3/b9-6+. The Hall–Kier alpha value is -2.69. The maximum atomic E-state index is 4.42. The van der Waals surface area contributed by atoms with Crippen LogP contribution in [0.3, 0.4) is 0 Å². The van der Waals surface area contributed by atoms with Crippen LogP contribution in [0, 0.1) is 0 Å². The van der Waals surface area contributed by atoms with Gasteiger partial charge in [0, 0.05) is 18.3 Å². The number of hydrogen-bond donors (Lipinski definition) is 1. The molecule has 1 aromatic carbocycles. The van der Waals surface area contributed by atoms with Crippen molar-refractivity contribution in [3.63, 3.8) is 0 Å². The van der Waals surface area contributed by atoms with E-state index in [2.05, 4.69) is 51.6 Å². The number of hydrogen-bond acceptors (Lipinski definition) is 4. The first-order valence-electron chi connectivity index (χ1n) is 7.02. The summed E-state index contributed by atoms with van der Waals surface area (Å²) in [5, 5.41) is 7.54. The summed E-state index contributed by atoms with van der Waals surface area (Å²) in [6.07, 6.45) is 6.57. The number of aromatic nitrogens is 4. The van der Waals surface area contributed by atoms with Gasteiger partial charge in [-0.3, -0.25) is 0 Å². The Kier molecular flexibility index (Phi) is 3.91. The average molecular weight is 279 g/mol. The van der Waals surface area contributed by atoms with Crippen LogP contribution in [0.25, 0.3) is 11.9 Å². The van der Waals surface area contributed by atoms with Gasteiger partial charge in [0.2, 0.25) is 0 Å². The third kappa shape index (κ3) is 3.08. The van der Waals surface area contributed by atoms with Gasteiger partial charge in [0.15, 0.2) is 0 Å². The third-order valence-electron chi connectivity index (χ3n) is 3.18. The van der Waals surface area contributed by atoms with Gasteiger partial charge < -0.3 is 5.32 Å². The largest absolute Gasteiger partial charge is 0.366 e. The van der Waals surface area contributed by atoms with Gasteiger partial charge in [-0.2, -0.15) is 14.6 Å². The molecule has 0 amide bonds. The summed E-state index contributed by atoms with van der Waals surface area (Å²) in [6.45, 7) is 2.80. The SMILES string of the molecule is CCc1cc(NC/C=C/c2ccccc2)n2ncnc2n1. The zero-order chi connectivity index (χ0) is 14.5. The van der Waals surface area contributed by atoms with E-state index in [0.717, 1.165) is 24.5 Å². The second-order valence-corrected chi connectivity index (χ2v) is 4.65. The van der Waals surface area contributed by atoms with Crippen LogP contribution >= 0.6 is 0 Å². The highest BCUT2D eigenvalue weighted by molar-refractivity contribution is 5.51. The van der Waals surface area contributed by atoms with Crippen molar-refractivity contribution in [1.82, 2.24) is 19.6 Å². The summed E-state index contributed by atoms with van der Waals surface area (Å²) in [4.78, 5) is 8.57. The van der Waals surface area contributed by atoms with Gasteiger partial charge in [-0.05, 0) is 12.0 Å². The highest BCUT2D eigenvalue weighted by Gasteiger charge is 2.05. The van der Waals surface area contributed by atoms with Gasteiger partial charge in [0.05, 0.1) is 0 Å². The van der Waals surface area contributed by atoms with E-state index in [1.165, 1.54) is 11.9 Å². The van der Waals surface area contributed by atoms with Crippen molar-refractivity contribution in [2.45, 2.75) is 13.3 Å². The molecule has 2 heterocycles. The summed E-state index contributed by atoms with van der Waals surface area (Å²) < 4.78 is 1.72. The lowest BCUT2D eigenvalue weighted by molar-refractivity contribution is 0.910. The summed E-state index contributed by atoms with van der Waals surface area (Å²) in [5.41, 5.74) is 2.19. The van der Waals surface area contributed by atoms with Crippen molar-refractivity contribution < 1.29 is 0 Å². The number of fused-ring (bicyclic) bond motifs is 1. The Morgan fingerprint density at radius 2 is 2.10 bits per heavy atom. The minimum absolute atomic E-state index is 0.629. The molecular formula is C16H17N5. The van der Waals surface area contributed by atoms with Crippen molar-refractivity contribution in [2.24, 2.45) is 0 Å². The fourth-order valence-corrected chi connectivity index (χ4v) is 2.09. The fourth-order valence-electron chi connectivity index (χ4n) is 2.09. The highest BCUT2D eigenvalue weighted by atomic mass is 15.3. The van der Waals surface area contributed by atoms with E-state index < -0.39 is 0 Å². The quantitative estimate of drug-likeness (QED) is 0.780. The summed E-state index contributed by atoms with van der Waals surface area (Å²) in [7, 11) is 0. The molecule has 0 aliphatic rings. The van der Waals surface area contributed by atoms with Crippen LogP contribution in [0.1, 0.15) is 18.2 Å². The third-order valence-corrected chi connectivity index (χ3v) is 3.18. The first-order chi connectivity index (χ1) is 10.4. The lowest BCUT2D eigenvalue weighted by atomic mass is 10.2. The van der Waals surface area contributed by atoms with Crippen LogP contribution in [-0.4, -0.2) is 26.1 Å². The van der Waals surface area contributed by atoms with E-state index in [-0.39, 0.29) is 0 Å². The molecule has 0 spiro atoms. The van der Waals surface area contributed by atoms with Gasteiger partial charge in [-0.1, -0.05) is 49.4 Å². The molecule has 21 heavy (non-hydrogen) atoms. The summed E-state index contributed by atoms with van der Waals surface area (Å²) in [5.74, 6) is 1.54. The van der Waals surface area contributed by atoms with Crippen molar-refractivity contribution in [3.05, 3.63) is 60.1 Å². The molecule has 0 aliphatic heterocycles. The molecule has 5 heteroatoms. The Labute approximate surface area is 123 Å². The molecule has 0 radical (unpaired) electrons. The average Bonchev–Trinajstić information content (AvgIpc) is 3.00. The maximum Gasteiger partial charge on any atom is 0.254 e. The zero-order valence-corrected chi connectivity index (χ0v) is 11.9. The molecule has 1 N–H and O–H groups in total. The normalized spacial score (nSPS) is 11.3. The van der Waals surface area contributed by atoms with Gasteiger partial charge >= 0.3 is 0 Å². The Morgan fingerprint density at radius 3 is 2.90 bits per heavy atom. The van der Waals surface area contributed by atoms with E-state index in [0.29, 0.717) is 5.78 Å². The zero-order valence-electron chi connectivity index (χ0n) is 11.9. The van der Waals surface area contributed by atoms with Crippen LogP contribution < -0.4 is 5.32 Å². The Morgan fingerprint density at radius 1 is 1.24 bits per heavy atom. The molecular weight excluding hydrogens is 262 g/mol. The molecule has 5 nitrogen and oxygen atoms in total. The van der Waals surface area contributed by atoms with Crippen LogP contribution in [0.2, 0.25) is 0 Å². The highest BCUT2D eigenvalue weighted by Crippen LogP contribution is 2.11. The Balaban J connectivity index is 1.73. The molecule has 0 saturated heterocycles. The lowest BCUT2D eigenvalue weighted by Gasteiger charge is -2.07. The number of anilines is 1. The second-order valence-electron chi connectivity index (χ2n) is 4.65. The molecule has 0 atom stereocenters. The fraction of sp³-hybridized carbons (Fsp3) is 0.188. The smallest absolute Gasteiger partial charge is 0.254 e. The van der Waals surface area contributed by atoms with Crippen LogP contribution in [0.4, 0.5) is 5.82 Å². The summed E-state index contributed by atoms with van der Waals surface area (Å²) >= 11 is 0. The molecule has 0 unspecified atom stereocenters. The minimum atomic E-state index is 0.629. The van der Waals surface area contributed by atoms with Gasteiger partial charge in [0.25, 0.3) is 5.78 Å². The molecule has 0 bridgehead atoms. The van der Waals surface area contributed by atoms with E-state index in [4.69, 9.17) is 0 Å². The molecule has 2 aromatic heterocycles. The predicted molar refractivity (Wildman–Crippen MR) is 84.1 cm³/mol. The van der Waals surface area contributed by atoms with Crippen molar-refractivity contribution >= 4 is 17.7 Å². The number of nitrogens with zero attached hydrogens (tertiary/aromatic N) is 4. The molecule has 0 saturated carbocycles. The maximum absolute atomic E-state index is 4.42. The molecule has 106 valence electrons. The second kappa shape index (κ2) is 6.17. The van der Waals surface area contributed by atoms with E-state index >= 15 is 0 Å². The van der Waals surface area contributed by atoms with Gasteiger partial charge in [0.1, 0.15) is 12.1 Å². The Bertz CT molecular complexity index is 746. The van der Waals surface area contributed by atoms with Gasteiger partial charge in [-0.15, -0.1) is 0 Å². The summed E-state index contributed by atoms with van der Waals surface area (Å²) in [6, 6.07) is 12.2.